The zero-order chi connectivity index (χ0) is 23.4. The number of hydrogen-bond acceptors (Lipinski definition) is 4. The maximum Gasteiger partial charge on any atom is 0.242 e. The molecule has 172 valence electrons. The minimum atomic E-state index is -0.450. The van der Waals surface area contributed by atoms with Crippen molar-refractivity contribution < 1.29 is 14.3 Å². The van der Waals surface area contributed by atoms with Gasteiger partial charge in [-0.2, -0.15) is 0 Å². The summed E-state index contributed by atoms with van der Waals surface area (Å²) in [7, 11) is 1.69. The highest BCUT2D eigenvalue weighted by Crippen LogP contribution is 2.36. The van der Waals surface area contributed by atoms with Crippen molar-refractivity contribution in [3.63, 3.8) is 0 Å². The molecule has 0 bridgehead atoms. The van der Waals surface area contributed by atoms with Crippen LogP contribution in [-0.4, -0.2) is 36.6 Å². The molecule has 0 saturated heterocycles. The summed E-state index contributed by atoms with van der Waals surface area (Å²) in [6.45, 7) is 7.78. The molecular formula is C28H32N2O3. The Morgan fingerprint density at radius 2 is 1.67 bits per heavy atom. The van der Waals surface area contributed by atoms with E-state index in [9.17, 15) is 4.79 Å². The van der Waals surface area contributed by atoms with E-state index in [0.29, 0.717) is 19.7 Å². The maximum absolute atomic E-state index is 13.6. The normalized spacial score (nSPS) is 16.3. The van der Waals surface area contributed by atoms with Crippen LogP contribution in [0.4, 0.5) is 0 Å². The number of amides is 1. The molecule has 1 atom stereocenters. The van der Waals surface area contributed by atoms with Crippen molar-refractivity contribution in [1.29, 1.82) is 0 Å². The van der Waals surface area contributed by atoms with E-state index in [0.717, 1.165) is 33.8 Å². The number of nitrogens with one attached hydrogen (secondary N) is 1. The van der Waals surface area contributed by atoms with Crippen molar-refractivity contribution in [2.45, 2.75) is 38.9 Å². The SMILES string of the molecule is COc1ccccc1-c1ccccc1CN1CCOc2ccccc2C1C(=O)NC(C)(C)C. The van der Waals surface area contributed by atoms with Crippen LogP contribution in [-0.2, 0) is 11.3 Å². The first-order chi connectivity index (χ1) is 15.9. The number of methoxy groups -OCH3 is 1. The Labute approximate surface area is 196 Å². The fourth-order valence-electron chi connectivity index (χ4n) is 4.36. The molecule has 0 spiro atoms. The van der Waals surface area contributed by atoms with E-state index in [1.165, 1.54) is 0 Å². The molecule has 1 aliphatic heterocycles. The molecule has 0 aromatic heterocycles. The Morgan fingerprint density at radius 1 is 1.00 bits per heavy atom. The fourth-order valence-corrected chi connectivity index (χ4v) is 4.36. The van der Waals surface area contributed by atoms with Crippen LogP contribution in [0.25, 0.3) is 11.1 Å². The van der Waals surface area contributed by atoms with Crippen LogP contribution in [0.2, 0.25) is 0 Å². The predicted octanol–water partition coefficient (Wildman–Crippen LogP) is 5.21. The standard InChI is InChI=1S/C28H32N2O3/c1-28(2,3)29-27(31)26-23-14-8-10-16-25(23)33-18-17-30(26)19-20-11-5-6-12-21(20)22-13-7-9-15-24(22)32-4/h5-16,26H,17-19H2,1-4H3,(H,29,31). The summed E-state index contributed by atoms with van der Waals surface area (Å²) < 4.78 is 11.7. The number of benzene rings is 3. The van der Waals surface area contributed by atoms with E-state index in [4.69, 9.17) is 9.47 Å². The third-order valence-electron chi connectivity index (χ3n) is 5.75. The molecule has 1 amide bonds. The first-order valence-electron chi connectivity index (χ1n) is 11.4. The van der Waals surface area contributed by atoms with Crippen LogP contribution in [0.15, 0.2) is 72.8 Å². The smallest absolute Gasteiger partial charge is 0.242 e. The number of ether oxygens (including phenoxy) is 2. The molecule has 5 heteroatoms. The Hall–Kier alpha value is -3.31. The summed E-state index contributed by atoms with van der Waals surface area (Å²) in [5.41, 5.74) is 3.84. The van der Waals surface area contributed by atoms with E-state index in [2.05, 4.69) is 28.4 Å². The first-order valence-corrected chi connectivity index (χ1v) is 11.4. The predicted molar refractivity (Wildman–Crippen MR) is 131 cm³/mol. The quantitative estimate of drug-likeness (QED) is 0.587. The summed E-state index contributed by atoms with van der Waals surface area (Å²) in [6, 6.07) is 23.7. The molecule has 3 aromatic rings. The lowest BCUT2D eigenvalue weighted by Crippen LogP contribution is -2.47. The second kappa shape index (κ2) is 9.67. The monoisotopic (exact) mass is 444 g/mol. The van der Waals surface area contributed by atoms with Gasteiger partial charge in [0.1, 0.15) is 24.1 Å². The number of rotatable bonds is 5. The molecular weight excluding hydrogens is 412 g/mol. The van der Waals surface area contributed by atoms with Gasteiger partial charge in [-0.1, -0.05) is 60.7 Å². The van der Waals surface area contributed by atoms with Gasteiger partial charge in [-0.3, -0.25) is 9.69 Å². The number of carbonyl (C=O) groups is 1. The molecule has 3 aromatic carbocycles. The van der Waals surface area contributed by atoms with E-state index in [1.807, 2.05) is 75.4 Å². The highest BCUT2D eigenvalue weighted by molar-refractivity contribution is 5.85. The fraction of sp³-hybridized carbons (Fsp3) is 0.321. The topological polar surface area (TPSA) is 50.8 Å². The molecule has 5 nitrogen and oxygen atoms in total. The highest BCUT2D eigenvalue weighted by Gasteiger charge is 2.34. The number of para-hydroxylation sites is 2. The van der Waals surface area contributed by atoms with Crippen LogP contribution >= 0.6 is 0 Å². The van der Waals surface area contributed by atoms with E-state index >= 15 is 0 Å². The van der Waals surface area contributed by atoms with Crippen molar-refractivity contribution in [1.82, 2.24) is 10.2 Å². The van der Waals surface area contributed by atoms with Gasteiger partial charge in [-0.25, -0.2) is 0 Å². The van der Waals surface area contributed by atoms with Gasteiger partial charge < -0.3 is 14.8 Å². The molecule has 1 heterocycles. The van der Waals surface area contributed by atoms with Crippen molar-refractivity contribution >= 4 is 5.91 Å². The summed E-state index contributed by atoms with van der Waals surface area (Å²) >= 11 is 0. The van der Waals surface area contributed by atoms with Gasteiger partial charge in [-0.05, 0) is 44.0 Å². The molecule has 0 aliphatic carbocycles. The average Bonchev–Trinajstić information content (AvgIpc) is 2.97. The van der Waals surface area contributed by atoms with Gasteiger partial charge in [0.15, 0.2) is 0 Å². The molecule has 0 fully saturated rings. The second-order valence-corrected chi connectivity index (χ2v) is 9.36. The van der Waals surface area contributed by atoms with Gasteiger partial charge in [0.2, 0.25) is 5.91 Å². The molecule has 0 radical (unpaired) electrons. The average molecular weight is 445 g/mol. The minimum absolute atomic E-state index is 0.0183. The molecule has 4 rings (SSSR count). The van der Waals surface area contributed by atoms with Gasteiger partial charge in [0.25, 0.3) is 0 Å². The third-order valence-corrected chi connectivity index (χ3v) is 5.75. The number of carbonyl (C=O) groups excluding carboxylic acids is 1. The second-order valence-electron chi connectivity index (χ2n) is 9.36. The number of fused-ring (bicyclic) bond motifs is 1. The molecule has 0 saturated carbocycles. The maximum atomic E-state index is 13.6. The molecule has 1 unspecified atom stereocenters. The van der Waals surface area contributed by atoms with E-state index in [1.54, 1.807) is 7.11 Å². The highest BCUT2D eigenvalue weighted by atomic mass is 16.5. The Kier molecular flexibility index (Phi) is 6.70. The minimum Gasteiger partial charge on any atom is -0.496 e. The summed E-state index contributed by atoms with van der Waals surface area (Å²) in [4.78, 5) is 15.8. The largest absolute Gasteiger partial charge is 0.496 e. The van der Waals surface area contributed by atoms with Crippen LogP contribution in [0, 0.1) is 0 Å². The van der Waals surface area contributed by atoms with Crippen molar-refractivity contribution in [2.24, 2.45) is 0 Å². The number of nitrogens with zero attached hydrogens (tertiary/aromatic N) is 1. The van der Waals surface area contributed by atoms with Crippen LogP contribution in [0.5, 0.6) is 11.5 Å². The van der Waals surface area contributed by atoms with Crippen molar-refractivity contribution in [3.05, 3.63) is 83.9 Å². The lowest BCUT2D eigenvalue weighted by Gasteiger charge is -2.32. The van der Waals surface area contributed by atoms with Crippen LogP contribution in [0.3, 0.4) is 0 Å². The summed E-state index contributed by atoms with van der Waals surface area (Å²) in [6.07, 6.45) is 0. The van der Waals surface area contributed by atoms with Crippen molar-refractivity contribution in [3.8, 4) is 22.6 Å². The lowest BCUT2D eigenvalue weighted by molar-refractivity contribution is -0.128. The van der Waals surface area contributed by atoms with Crippen LogP contribution in [0.1, 0.15) is 37.9 Å². The van der Waals surface area contributed by atoms with Gasteiger partial charge >= 0.3 is 0 Å². The molecule has 1 N–H and O–H groups in total. The Bertz CT molecular complexity index is 1120. The van der Waals surface area contributed by atoms with Crippen LogP contribution < -0.4 is 14.8 Å². The van der Waals surface area contributed by atoms with Crippen molar-refractivity contribution in [2.75, 3.05) is 20.3 Å². The zero-order valence-corrected chi connectivity index (χ0v) is 19.8. The van der Waals surface area contributed by atoms with E-state index in [-0.39, 0.29) is 11.4 Å². The van der Waals surface area contributed by atoms with Gasteiger partial charge in [-0.15, -0.1) is 0 Å². The third kappa shape index (κ3) is 5.20. The Balaban J connectivity index is 1.74. The summed E-state index contributed by atoms with van der Waals surface area (Å²) in [5, 5.41) is 3.18. The van der Waals surface area contributed by atoms with E-state index < -0.39 is 6.04 Å². The summed E-state index contributed by atoms with van der Waals surface area (Å²) in [5.74, 6) is 1.58. The lowest BCUT2D eigenvalue weighted by atomic mass is 9.96. The van der Waals surface area contributed by atoms with Gasteiger partial charge in [0.05, 0.1) is 7.11 Å². The van der Waals surface area contributed by atoms with Gasteiger partial charge in [0, 0.05) is 29.8 Å². The first kappa shape index (κ1) is 22.9. The molecule has 1 aliphatic rings. The Morgan fingerprint density at radius 3 is 2.42 bits per heavy atom. The zero-order valence-electron chi connectivity index (χ0n) is 19.8. The molecule has 33 heavy (non-hydrogen) atoms. The number of hydrogen-bond donors (Lipinski definition) is 1.